The zero-order chi connectivity index (χ0) is 13.2. The summed E-state index contributed by atoms with van der Waals surface area (Å²) in [6, 6.07) is 13.7. The Morgan fingerprint density at radius 3 is 2.84 bits per heavy atom. The van der Waals surface area contributed by atoms with Gasteiger partial charge in [-0.25, -0.2) is 0 Å². The van der Waals surface area contributed by atoms with Gasteiger partial charge in [-0.3, -0.25) is 0 Å². The average Bonchev–Trinajstić information content (AvgIpc) is 2.46. The van der Waals surface area contributed by atoms with E-state index in [2.05, 4.69) is 6.07 Å². The second kappa shape index (κ2) is 5.24. The van der Waals surface area contributed by atoms with Crippen molar-refractivity contribution in [1.82, 2.24) is 0 Å². The van der Waals surface area contributed by atoms with Crippen molar-refractivity contribution in [2.45, 2.75) is 18.9 Å². The molecule has 98 valence electrons. The fraction of sp³-hybridized carbons (Fsp3) is 0.250. The number of aryl methyl sites for hydroxylation is 1. The van der Waals surface area contributed by atoms with Crippen molar-refractivity contribution < 1.29 is 4.74 Å². The summed E-state index contributed by atoms with van der Waals surface area (Å²) in [4.78, 5) is 0. The summed E-state index contributed by atoms with van der Waals surface area (Å²) in [5.74, 6) is 0.987. The monoisotopic (exact) mass is 273 g/mol. The van der Waals surface area contributed by atoms with Crippen LogP contribution >= 0.6 is 11.6 Å². The number of nitrogens with two attached hydrogens (primary N) is 1. The standard InChI is InChI=1S/C16H16ClNO/c17-14-6-2-1-5-13(14)16(18)12-7-8-15-11(10-12)4-3-9-19-15/h1-2,5-8,10,16H,3-4,9,18H2. The van der Waals surface area contributed by atoms with Gasteiger partial charge in [0.05, 0.1) is 12.6 Å². The molecular weight excluding hydrogens is 258 g/mol. The van der Waals surface area contributed by atoms with Gasteiger partial charge >= 0.3 is 0 Å². The molecule has 0 spiro atoms. The molecule has 0 saturated carbocycles. The van der Waals surface area contributed by atoms with Crippen LogP contribution in [0.1, 0.15) is 29.2 Å². The quantitative estimate of drug-likeness (QED) is 0.905. The first-order chi connectivity index (χ1) is 9.25. The van der Waals surface area contributed by atoms with Gasteiger partial charge in [-0.2, -0.15) is 0 Å². The molecule has 2 aromatic carbocycles. The molecule has 19 heavy (non-hydrogen) atoms. The first-order valence-corrected chi connectivity index (χ1v) is 6.89. The molecule has 1 unspecified atom stereocenters. The van der Waals surface area contributed by atoms with E-state index in [1.807, 2.05) is 36.4 Å². The fourth-order valence-electron chi connectivity index (χ4n) is 2.48. The van der Waals surface area contributed by atoms with Crippen LogP contribution in [0.3, 0.4) is 0 Å². The van der Waals surface area contributed by atoms with Crippen LogP contribution in [0.5, 0.6) is 5.75 Å². The number of ether oxygens (including phenoxy) is 1. The number of rotatable bonds is 2. The van der Waals surface area contributed by atoms with Crippen molar-refractivity contribution in [3.63, 3.8) is 0 Å². The Balaban J connectivity index is 1.96. The van der Waals surface area contributed by atoms with Gasteiger partial charge in [-0.1, -0.05) is 41.9 Å². The topological polar surface area (TPSA) is 35.2 Å². The normalized spacial score (nSPS) is 15.5. The van der Waals surface area contributed by atoms with Gasteiger partial charge in [-0.15, -0.1) is 0 Å². The van der Waals surface area contributed by atoms with Crippen LogP contribution in [0.25, 0.3) is 0 Å². The average molecular weight is 274 g/mol. The lowest BCUT2D eigenvalue weighted by atomic mass is 9.95. The molecule has 0 aromatic heterocycles. The molecule has 0 radical (unpaired) electrons. The molecule has 0 fully saturated rings. The Hall–Kier alpha value is -1.51. The molecule has 1 heterocycles. The van der Waals surface area contributed by atoms with E-state index in [1.165, 1.54) is 5.56 Å². The van der Waals surface area contributed by atoms with E-state index in [4.69, 9.17) is 22.1 Å². The lowest BCUT2D eigenvalue weighted by Crippen LogP contribution is -2.14. The molecule has 0 amide bonds. The number of benzene rings is 2. The summed E-state index contributed by atoms with van der Waals surface area (Å²) < 4.78 is 5.62. The molecule has 1 atom stereocenters. The summed E-state index contributed by atoms with van der Waals surface area (Å²) in [6.45, 7) is 0.808. The van der Waals surface area contributed by atoms with Crippen molar-refractivity contribution in [3.05, 3.63) is 64.2 Å². The van der Waals surface area contributed by atoms with Gasteiger partial charge in [0.15, 0.2) is 0 Å². The summed E-state index contributed by atoms with van der Waals surface area (Å²) in [5.41, 5.74) is 9.61. The van der Waals surface area contributed by atoms with Crippen molar-refractivity contribution in [3.8, 4) is 5.75 Å². The highest BCUT2D eigenvalue weighted by atomic mass is 35.5. The van der Waals surface area contributed by atoms with Crippen molar-refractivity contribution >= 4 is 11.6 Å². The smallest absolute Gasteiger partial charge is 0.122 e. The summed E-state index contributed by atoms with van der Waals surface area (Å²) >= 11 is 6.21. The third kappa shape index (κ3) is 2.46. The molecule has 0 bridgehead atoms. The first-order valence-electron chi connectivity index (χ1n) is 6.51. The first kappa shape index (κ1) is 12.5. The molecule has 2 nitrogen and oxygen atoms in total. The van der Waals surface area contributed by atoms with E-state index in [-0.39, 0.29) is 6.04 Å². The Morgan fingerprint density at radius 2 is 2.00 bits per heavy atom. The van der Waals surface area contributed by atoms with E-state index in [0.717, 1.165) is 36.3 Å². The van der Waals surface area contributed by atoms with E-state index in [0.29, 0.717) is 5.02 Å². The maximum atomic E-state index is 6.33. The molecule has 3 heteroatoms. The van der Waals surface area contributed by atoms with E-state index < -0.39 is 0 Å². The van der Waals surface area contributed by atoms with Gasteiger partial charge in [-0.05, 0) is 41.7 Å². The van der Waals surface area contributed by atoms with Crippen LogP contribution in [0.2, 0.25) is 5.02 Å². The minimum atomic E-state index is -0.194. The van der Waals surface area contributed by atoms with Crippen LogP contribution < -0.4 is 10.5 Å². The molecule has 0 aliphatic carbocycles. The Bertz CT molecular complexity index is 597. The zero-order valence-corrected chi connectivity index (χ0v) is 11.4. The number of hydrogen-bond donors (Lipinski definition) is 1. The highest BCUT2D eigenvalue weighted by Crippen LogP contribution is 2.31. The molecule has 3 rings (SSSR count). The Kier molecular flexibility index (Phi) is 3.45. The van der Waals surface area contributed by atoms with Gasteiger partial charge in [0, 0.05) is 5.02 Å². The van der Waals surface area contributed by atoms with Crippen molar-refractivity contribution in [2.24, 2.45) is 5.73 Å². The predicted octanol–water partition coefficient (Wildman–Crippen LogP) is 3.71. The molecule has 0 saturated heterocycles. The number of fused-ring (bicyclic) bond motifs is 1. The highest BCUT2D eigenvalue weighted by Gasteiger charge is 2.16. The summed E-state index contributed by atoms with van der Waals surface area (Å²) in [5, 5.41) is 0.712. The van der Waals surface area contributed by atoms with Crippen LogP contribution in [0.4, 0.5) is 0 Å². The maximum absolute atomic E-state index is 6.33. The van der Waals surface area contributed by atoms with Gasteiger partial charge in [0.2, 0.25) is 0 Å². The molecule has 2 N–H and O–H groups in total. The predicted molar refractivity (Wildman–Crippen MR) is 77.7 cm³/mol. The summed E-state index contributed by atoms with van der Waals surface area (Å²) in [7, 11) is 0. The lowest BCUT2D eigenvalue weighted by molar-refractivity contribution is 0.288. The third-order valence-electron chi connectivity index (χ3n) is 3.53. The minimum Gasteiger partial charge on any atom is -0.493 e. The van der Waals surface area contributed by atoms with Crippen molar-refractivity contribution in [2.75, 3.05) is 6.61 Å². The Labute approximate surface area is 118 Å². The number of halogens is 1. The second-order valence-electron chi connectivity index (χ2n) is 4.82. The fourth-order valence-corrected chi connectivity index (χ4v) is 2.73. The van der Waals surface area contributed by atoms with E-state index >= 15 is 0 Å². The summed E-state index contributed by atoms with van der Waals surface area (Å²) in [6.07, 6.45) is 2.12. The SMILES string of the molecule is NC(c1ccc2c(c1)CCCO2)c1ccccc1Cl. The van der Waals surface area contributed by atoms with E-state index in [9.17, 15) is 0 Å². The van der Waals surface area contributed by atoms with Crippen LogP contribution in [0.15, 0.2) is 42.5 Å². The second-order valence-corrected chi connectivity index (χ2v) is 5.23. The lowest BCUT2D eigenvalue weighted by Gasteiger charge is -2.20. The van der Waals surface area contributed by atoms with Crippen LogP contribution in [-0.2, 0) is 6.42 Å². The maximum Gasteiger partial charge on any atom is 0.122 e. The van der Waals surface area contributed by atoms with Crippen LogP contribution in [0, 0.1) is 0 Å². The largest absolute Gasteiger partial charge is 0.493 e. The highest BCUT2D eigenvalue weighted by molar-refractivity contribution is 6.31. The zero-order valence-electron chi connectivity index (χ0n) is 10.6. The molecular formula is C16H16ClNO. The molecule has 1 aliphatic rings. The Morgan fingerprint density at radius 1 is 1.16 bits per heavy atom. The van der Waals surface area contributed by atoms with Gasteiger partial charge in [0.25, 0.3) is 0 Å². The van der Waals surface area contributed by atoms with Gasteiger partial charge in [0.1, 0.15) is 5.75 Å². The van der Waals surface area contributed by atoms with E-state index in [1.54, 1.807) is 0 Å². The molecule has 1 aliphatic heterocycles. The minimum absolute atomic E-state index is 0.194. The van der Waals surface area contributed by atoms with Crippen molar-refractivity contribution in [1.29, 1.82) is 0 Å². The molecule has 2 aromatic rings. The third-order valence-corrected chi connectivity index (χ3v) is 3.88. The number of hydrogen-bond acceptors (Lipinski definition) is 2. The van der Waals surface area contributed by atoms with Gasteiger partial charge < -0.3 is 10.5 Å². The van der Waals surface area contributed by atoms with Crippen LogP contribution in [-0.4, -0.2) is 6.61 Å².